The number of amides is 1. The van der Waals surface area contributed by atoms with E-state index in [1.54, 1.807) is 18.2 Å². The summed E-state index contributed by atoms with van der Waals surface area (Å²) in [5.74, 6) is -0.841. The first-order chi connectivity index (χ1) is 11.5. The van der Waals surface area contributed by atoms with E-state index in [1.807, 2.05) is 0 Å². The maximum absolute atomic E-state index is 13.7. The second kappa shape index (κ2) is 6.97. The normalized spacial score (nSPS) is 15.2. The summed E-state index contributed by atoms with van der Waals surface area (Å²) < 4.78 is 32.5. The molecule has 0 radical (unpaired) electrons. The smallest absolute Gasteiger partial charge is 0.224 e. The van der Waals surface area contributed by atoms with E-state index < -0.39 is 17.7 Å². The molecule has 3 rings (SSSR count). The highest BCUT2D eigenvalue weighted by Crippen LogP contribution is 2.31. The van der Waals surface area contributed by atoms with Gasteiger partial charge < -0.3 is 15.2 Å². The fourth-order valence-corrected chi connectivity index (χ4v) is 2.74. The van der Waals surface area contributed by atoms with Crippen molar-refractivity contribution >= 4 is 11.6 Å². The molecule has 6 heteroatoms. The molecular weight excluding hydrogens is 316 g/mol. The van der Waals surface area contributed by atoms with Gasteiger partial charge in [0.05, 0.1) is 0 Å². The zero-order valence-corrected chi connectivity index (χ0v) is 12.9. The van der Waals surface area contributed by atoms with Crippen LogP contribution in [0.4, 0.5) is 14.5 Å². The highest BCUT2D eigenvalue weighted by Gasteiger charge is 2.19. The molecule has 1 heterocycles. The number of halogens is 2. The third-order valence-electron chi connectivity index (χ3n) is 3.95. The summed E-state index contributed by atoms with van der Waals surface area (Å²) in [6, 6.07) is 8.16. The second-order valence-corrected chi connectivity index (χ2v) is 5.68. The Hall–Kier alpha value is -2.47. The molecule has 0 fully saturated rings. The van der Waals surface area contributed by atoms with Crippen molar-refractivity contribution < 1.29 is 23.4 Å². The number of rotatable bonds is 4. The molecule has 1 aliphatic rings. The minimum atomic E-state index is -1.29. The van der Waals surface area contributed by atoms with Gasteiger partial charge in [-0.2, -0.15) is 0 Å². The van der Waals surface area contributed by atoms with Gasteiger partial charge in [-0.15, -0.1) is 0 Å². The molecule has 1 unspecified atom stereocenters. The average Bonchev–Trinajstić information content (AvgIpc) is 2.75. The van der Waals surface area contributed by atoms with Crippen LogP contribution in [0.3, 0.4) is 0 Å². The topological polar surface area (TPSA) is 58.6 Å². The lowest BCUT2D eigenvalue weighted by Crippen LogP contribution is -2.13. The third-order valence-corrected chi connectivity index (χ3v) is 3.95. The molecule has 24 heavy (non-hydrogen) atoms. The van der Waals surface area contributed by atoms with E-state index in [4.69, 9.17) is 4.74 Å². The van der Waals surface area contributed by atoms with Crippen molar-refractivity contribution in [2.24, 2.45) is 0 Å². The summed E-state index contributed by atoms with van der Waals surface area (Å²) in [4.78, 5) is 11.6. The van der Waals surface area contributed by atoms with E-state index >= 15 is 0 Å². The van der Waals surface area contributed by atoms with Gasteiger partial charge in [0.1, 0.15) is 30.1 Å². The highest BCUT2D eigenvalue weighted by atomic mass is 19.1. The summed E-state index contributed by atoms with van der Waals surface area (Å²) in [7, 11) is 0. The fourth-order valence-electron chi connectivity index (χ4n) is 2.74. The SMILES string of the molecule is O=C1CCCc2c(cccc2OCC(O)c2cc(F)ccc2F)N1. The number of aliphatic hydroxyl groups is 1. The number of benzene rings is 2. The minimum absolute atomic E-state index is 0.0484. The molecule has 0 aromatic heterocycles. The van der Waals surface area contributed by atoms with Crippen LogP contribution in [0.5, 0.6) is 5.75 Å². The van der Waals surface area contributed by atoms with Gasteiger partial charge in [-0.3, -0.25) is 4.79 Å². The number of hydrogen-bond donors (Lipinski definition) is 2. The largest absolute Gasteiger partial charge is 0.490 e. The Morgan fingerprint density at radius 3 is 2.88 bits per heavy atom. The lowest BCUT2D eigenvalue weighted by atomic mass is 10.1. The quantitative estimate of drug-likeness (QED) is 0.902. The van der Waals surface area contributed by atoms with Crippen molar-refractivity contribution in [3.05, 3.63) is 59.2 Å². The number of aliphatic hydroxyl groups excluding tert-OH is 1. The van der Waals surface area contributed by atoms with Gasteiger partial charge in [-0.1, -0.05) is 6.07 Å². The van der Waals surface area contributed by atoms with Crippen LogP contribution >= 0.6 is 0 Å². The summed E-state index contributed by atoms with van der Waals surface area (Å²) in [6.07, 6.45) is 0.497. The monoisotopic (exact) mass is 333 g/mol. The van der Waals surface area contributed by atoms with Crippen molar-refractivity contribution in [2.75, 3.05) is 11.9 Å². The van der Waals surface area contributed by atoms with Crippen molar-refractivity contribution in [3.63, 3.8) is 0 Å². The first-order valence-corrected chi connectivity index (χ1v) is 7.72. The molecule has 126 valence electrons. The summed E-state index contributed by atoms with van der Waals surface area (Å²) in [5.41, 5.74) is 1.38. The average molecular weight is 333 g/mol. The lowest BCUT2D eigenvalue weighted by Gasteiger charge is -2.17. The van der Waals surface area contributed by atoms with E-state index in [-0.39, 0.29) is 18.1 Å². The van der Waals surface area contributed by atoms with Gasteiger partial charge in [0.15, 0.2) is 0 Å². The first kappa shape index (κ1) is 16.4. The van der Waals surface area contributed by atoms with Crippen LogP contribution in [0.15, 0.2) is 36.4 Å². The number of anilines is 1. The first-order valence-electron chi connectivity index (χ1n) is 7.72. The highest BCUT2D eigenvalue weighted by molar-refractivity contribution is 5.92. The molecule has 2 N–H and O–H groups in total. The Bertz CT molecular complexity index is 764. The van der Waals surface area contributed by atoms with Crippen molar-refractivity contribution in [1.82, 2.24) is 0 Å². The molecule has 2 aromatic carbocycles. The maximum atomic E-state index is 13.7. The van der Waals surface area contributed by atoms with Crippen molar-refractivity contribution in [2.45, 2.75) is 25.4 Å². The second-order valence-electron chi connectivity index (χ2n) is 5.68. The van der Waals surface area contributed by atoms with Gasteiger partial charge in [0.25, 0.3) is 0 Å². The maximum Gasteiger partial charge on any atom is 0.224 e. The van der Waals surface area contributed by atoms with E-state index in [9.17, 15) is 18.7 Å². The standard InChI is InChI=1S/C18H17F2NO3/c19-11-7-8-14(20)13(9-11)16(22)10-24-17-5-2-4-15-12(17)3-1-6-18(23)21-15/h2,4-5,7-9,16,22H,1,3,6,10H2,(H,21,23). The number of carbonyl (C=O) groups is 1. The number of fused-ring (bicyclic) bond motifs is 1. The number of hydrogen-bond acceptors (Lipinski definition) is 3. The molecule has 1 amide bonds. The zero-order valence-electron chi connectivity index (χ0n) is 12.9. The summed E-state index contributed by atoms with van der Waals surface area (Å²) >= 11 is 0. The molecule has 0 aliphatic carbocycles. The van der Waals surface area contributed by atoms with Crippen LogP contribution in [0, 0.1) is 11.6 Å². The lowest BCUT2D eigenvalue weighted by molar-refractivity contribution is -0.116. The van der Waals surface area contributed by atoms with Gasteiger partial charge in [-0.25, -0.2) is 8.78 Å². The van der Waals surface area contributed by atoms with Crippen LogP contribution in [0.1, 0.15) is 30.1 Å². The molecular formula is C18H17F2NO3. The van der Waals surface area contributed by atoms with Crippen LogP contribution in [0.2, 0.25) is 0 Å². The van der Waals surface area contributed by atoms with E-state index in [2.05, 4.69) is 5.32 Å². The predicted octanol–water partition coefficient (Wildman–Crippen LogP) is 3.35. The molecule has 0 bridgehead atoms. The summed E-state index contributed by atoms with van der Waals surface area (Å²) in [6.45, 7) is -0.217. The van der Waals surface area contributed by atoms with Gasteiger partial charge >= 0.3 is 0 Å². The number of carbonyl (C=O) groups excluding carboxylic acids is 1. The van der Waals surface area contributed by atoms with Gasteiger partial charge in [0.2, 0.25) is 5.91 Å². The molecule has 1 aliphatic heterocycles. The van der Waals surface area contributed by atoms with Crippen LogP contribution in [0.25, 0.3) is 0 Å². The van der Waals surface area contributed by atoms with E-state index in [0.717, 1.165) is 23.8 Å². The summed E-state index contributed by atoms with van der Waals surface area (Å²) in [5, 5.41) is 12.9. The molecule has 2 aromatic rings. The number of nitrogens with one attached hydrogen (secondary N) is 1. The molecule has 0 saturated heterocycles. The van der Waals surface area contributed by atoms with Crippen LogP contribution < -0.4 is 10.1 Å². The van der Waals surface area contributed by atoms with E-state index in [0.29, 0.717) is 30.7 Å². The Labute approximate surface area is 138 Å². The Morgan fingerprint density at radius 1 is 1.21 bits per heavy atom. The molecule has 0 spiro atoms. The van der Waals surface area contributed by atoms with Gasteiger partial charge in [-0.05, 0) is 43.2 Å². The van der Waals surface area contributed by atoms with Crippen LogP contribution in [-0.2, 0) is 11.2 Å². The Kier molecular flexibility index (Phi) is 4.76. The molecule has 0 saturated carbocycles. The Morgan fingerprint density at radius 2 is 2.04 bits per heavy atom. The minimum Gasteiger partial charge on any atom is -0.490 e. The fraction of sp³-hybridized carbons (Fsp3) is 0.278. The Balaban J connectivity index is 1.76. The van der Waals surface area contributed by atoms with Gasteiger partial charge in [0, 0.05) is 23.2 Å². The molecule has 1 atom stereocenters. The molecule has 4 nitrogen and oxygen atoms in total. The predicted molar refractivity (Wildman–Crippen MR) is 84.8 cm³/mol. The third kappa shape index (κ3) is 3.54. The number of ether oxygens (including phenoxy) is 1. The van der Waals surface area contributed by atoms with E-state index in [1.165, 1.54) is 0 Å². The van der Waals surface area contributed by atoms with Crippen molar-refractivity contribution in [1.29, 1.82) is 0 Å². The van der Waals surface area contributed by atoms with Crippen LogP contribution in [-0.4, -0.2) is 17.6 Å². The van der Waals surface area contributed by atoms with Crippen molar-refractivity contribution in [3.8, 4) is 5.75 Å². The zero-order chi connectivity index (χ0) is 17.1.